The highest BCUT2D eigenvalue weighted by Gasteiger charge is 2.22. The summed E-state index contributed by atoms with van der Waals surface area (Å²) < 4.78 is 7.10. The van der Waals surface area contributed by atoms with E-state index in [0.29, 0.717) is 11.3 Å². The van der Waals surface area contributed by atoms with Crippen LogP contribution in [-0.4, -0.2) is 46.3 Å². The van der Waals surface area contributed by atoms with Crippen LogP contribution in [0.2, 0.25) is 0 Å². The topological polar surface area (TPSA) is 64.4 Å². The van der Waals surface area contributed by atoms with Crippen LogP contribution in [0.4, 0.5) is 0 Å². The Bertz CT molecular complexity index is 1030. The lowest BCUT2D eigenvalue weighted by atomic mass is 10.1. The number of nitrogens with zero attached hydrogens (tertiary/aromatic N) is 3. The molecule has 1 fully saturated rings. The van der Waals surface area contributed by atoms with Gasteiger partial charge in [0.2, 0.25) is 0 Å². The Balaban J connectivity index is 1.56. The highest BCUT2D eigenvalue weighted by Crippen LogP contribution is 2.25. The monoisotopic (exact) mass is 417 g/mol. The van der Waals surface area contributed by atoms with Gasteiger partial charge in [-0.15, -0.1) is 0 Å². The fourth-order valence-corrected chi connectivity index (χ4v) is 3.78. The summed E-state index contributed by atoms with van der Waals surface area (Å²) >= 11 is 0. The SMILES string of the molecule is Cc1ccc(-c2nn(-c3ccccc3)cc2C(=O)OCC(=O)N2CCCCCC2)cc1. The summed E-state index contributed by atoms with van der Waals surface area (Å²) in [7, 11) is 0. The second kappa shape index (κ2) is 9.60. The van der Waals surface area contributed by atoms with Crippen LogP contribution in [0.5, 0.6) is 0 Å². The number of carbonyl (C=O) groups excluding carboxylic acids is 2. The standard InChI is InChI=1S/C25H27N3O3/c1-19-11-13-20(14-12-19)24-22(17-28(26-24)21-9-5-4-6-10-21)25(30)31-18-23(29)27-15-7-2-3-8-16-27/h4-6,9-14,17H,2-3,7-8,15-16,18H2,1H3. The van der Waals surface area contributed by atoms with Crippen molar-refractivity contribution >= 4 is 11.9 Å². The molecule has 4 rings (SSSR count). The molecule has 6 heteroatoms. The van der Waals surface area contributed by atoms with Crippen LogP contribution < -0.4 is 0 Å². The number of para-hydroxylation sites is 1. The van der Waals surface area contributed by atoms with Crippen molar-refractivity contribution in [3.8, 4) is 16.9 Å². The normalized spacial score (nSPS) is 14.2. The lowest BCUT2D eigenvalue weighted by Gasteiger charge is -2.19. The molecule has 160 valence electrons. The molecule has 31 heavy (non-hydrogen) atoms. The molecule has 0 radical (unpaired) electrons. The molecule has 1 saturated heterocycles. The zero-order chi connectivity index (χ0) is 21.6. The third-order valence-electron chi connectivity index (χ3n) is 5.57. The van der Waals surface area contributed by atoms with Crippen LogP contribution in [0.3, 0.4) is 0 Å². The molecular weight excluding hydrogens is 390 g/mol. The van der Waals surface area contributed by atoms with E-state index in [1.54, 1.807) is 15.8 Å². The third kappa shape index (κ3) is 5.02. The van der Waals surface area contributed by atoms with Gasteiger partial charge in [0, 0.05) is 24.8 Å². The van der Waals surface area contributed by atoms with Crippen molar-refractivity contribution in [1.29, 1.82) is 0 Å². The molecular formula is C25H27N3O3. The van der Waals surface area contributed by atoms with Gasteiger partial charge in [0.1, 0.15) is 11.3 Å². The Morgan fingerprint density at radius 2 is 1.61 bits per heavy atom. The predicted molar refractivity (Wildman–Crippen MR) is 119 cm³/mol. The largest absolute Gasteiger partial charge is 0.452 e. The number of hydrogen-bond acceptors (Lipinski definition) is 4. The molecule has 0 atom stereocenters. The van der Waals surface area contributed by atoms with E-state index in [0.717, 1.165) is 55.6 Å². The van der Waals surface area contributed by atoms with Gasteiger partial charge in [-0.25, -0.2) is 9.48 Å². The molecule has 1 aliphatic rings. The van der Waals surface area contributed by atoms with Crippen LogP contribution in [-0.2, 0) is 9.53 Å². The highest BCUT2D eigenvalue weighted by molar-refractivity contribution is 5.97. The predicted octanol–water partition coefficient (Wildman–Crippen LogP) is 4.41. The molecule has 0 N–H and O–H groups in total. The maximum Gasteiger partial charge on any atom is 0.342 e. The Kier molecular flexibility index (Phi) is 6.46. The van der Waals surface area contributed by atoms with Crippen molar-refractivity contribution in [2.24, 2.45) is 0 Å². The van der Waals surface area contributed by atoms with Gasteiger partial charge in [0.15, 0.2) is 6.61 Å². The minimum atomic E-state index is -0.541. The number of aryl methyl sites for hydroxylation is 1. The van der Waals surface area contributed by atoms with Gasteiger partial charge in [-0.3, -0.25) is 4.79 Å². The number of benzene rings is 2. The number of likely N-dealkylation sites (tertiary alicyclic amines) is 1. The first-order valence-corrected chi connectivity index (χ1v) is 10.8. The number of esters is 1. The molecule has 0 aliphatic carbocycles. The summed E-state index contributed by atoms with van der Waals surface area (Å²) in [5, 5.41) is 4.65. The van der Waals surface area contributed by atoms with Crippen LogP contribution in [0.25, 0.3) is 16.9 Å². The lowest BCUT2D eigenvalue weighted by molar-refractivity contribution is -0.134. The van der Waals surface area contributed by atoms with E-state index in [2.05, 4.69) is 5.10 Å². The van der Waals surface area contributed by atoms with Crippen molar-refractivity contribution in [1.82, 2.24) is 14.7 Å². The van der Waals surface area contributed by atoms with Gasteiger partial charge in [0.25, 0.3) is 5.91 Å². The van der Waals surface area contributed by atoms with Gasteiger partial charge in [-0.05, 0) is 31.9 Å². The van der Waals surface area contributed by atoms with Crippen LogP contribution in [0, 0.1) is 6.92 Å². The Morgan fingerprint density at radius 1 is 0.935 bits per heavy atom. The molecule has 0 unspecified atom stereocenters. The molecule has 0 bridgehead atoms. The molecule has 1 aromatic heterocycles. The van der Waals surface area contributed by atoms with E-state index in [9.17, 15) is 9.59 Å². The van der Waals surface area contributed by atoms with Crippen LogP contribution >= 0.6 is 0 Å². The second-order valence-electron chi connectivity index (χ2n) is 7.91. The Morgan fingerprint density at radius 3 is 2.29 bits per heavy atom. The Hall–Kier alpha value is -3.41. The maximum absolute atomic E-state index is 13.0. The average molecular weight is 418 g/mol. The first kappa shape index (κ1) is 20.8. The van der Waals surface area contributed by atoms with E-state index in [1.165, 1.54) is 0 Å². The van der Waals surface area contributed by atoms with E-state index in [1.807, 2.05) is 61.5 Å². The fraction of sp³-hybridized carbons (Fsp3) is 0.320. The lowest BCUT2D eigenvalue weighted by Crippen LogP contribution is -2.35. The molecule has 0 spiro atoms. The smallest absolute Gasteiger partial charge is 0.342 e. The van der Waals surface area contributed by atoms with Crippen LogP contribution in [0.15, 0.2) is 60.8 Å². The number of amides is 1. The fourth-order valence-electron chi connectivity index (χ4n) is 3.78. The number of carbonyl (C=O) groups is 2. The Labute approximate surface area is 182 Å². The molecule has 0 saturated carbocycles. The summed E-state index contributed by atoms with van der Waals surface area (Å²) in [5.74, 6) is -0.677. The summed E-state index contributed by atoms with van der Waals surface area (Å²) in [6.07, 6.45) is 5.95. The van der Waals surface area contributed by atoms with Gasteiger partial charge < -0.3 is 9.64 Å². The molecule has 3 aromatic rings. The summed E-state index contributed by atoms with van der Waals surface area (Å²) in [6.45, 7) is 3.23. The minimum absolute atomic E-state index is 0.136. The van der Waals surface area contributed by atoms with Gasteiger partial charge in [-0.1, -0.05) is 60.9 Å². The van der Waals surface area contributed by atoms with E-state index < -0.39 is 5.97 Å². The molecule has 2 heterocycles. The number of ether oxygens (including phenoxy) is 1. The maximum atomic E-state index is 13.0. The van der Waals surface area contributed by atoms with Crippen molar-refractivity contribution < 1.29 is 14.3 Å². The minimum Gasteiger partial charge on any atom is -0.452 e. The van der Waals surface area contributed by atoms with E-state index >= 15 is 0 Å². The van der Waals surface area contributed by atoms with Crippen molar-refractivity contribution in [3.63, 3.8) is 0 Å². The molecule has 1 aliphatic heterocycles. The van der Waals surface area contributed by atoms with E-state index in [-0.39, 0.29) is 12.5 Å². The zero-order valence-corrected chi connectivity index (χ0v) is 17.8. The first-order valence-electron chi connectivity index (χ1n) is 10.8. The molecule has 2 aromatic carbocycles. The summed E-state index contributed by atoms with van der Waals surface area (Å²) in [4.78, 5) is 27.3. The van der Waals surface area contributed by atoms with Gasteiger partial charge in [-0.2, -0.15) is 5.10 Å². The average Bonchev–Trinajstić information content (AvgIpc) is 3.06. The van der Waals surface area contributed by atoms with E-state index in [4.69, 9.17) is 4.74 Å². The summed E-state index contributed by atoms with van der Waals surface area (Å²) in [5.41, 5.74) is 3.67. The van der Waals surface area contributed by atoms with Crippen molar-refractivity contribution in [2.45, 2.75) is 32.6 Å². The molecule has 1 amide bonds. The van der Waals surface area contributed by atoms with Crippen molar-refractivity contribution in [3.05, 3.63) is 71.9 Å². The number of rotatable bonds is 5. The third-order valence-corrected chi connectivity index (χ3v) is 5.57. The van der Waals surface area contributed by atoms with Crippen LogP contribution in [0.1, 0.15) is 41.6 Å². The number of aromatic nitrogens is 2. The highest BCUT2D eigenvalue weighted by atomic mass is 16.5. The number of hydrogen-bond donors (Lipinski definition) is 0. The quantitative estimate of drug-likeness (QED) is 0.577. The van der Waals surface area contributed by atoms with Crippen molar-refractivity contribution in [2.75, 3.05) is 19.7 Å². The van der Waals surface area contributed by atoms with Gasteiger partial charge >= 0.3 is 5.97 Å². The molecule has 6 nitrogen and oxygen atoms in total. The summed E-state index contributed by atoms with van der Waals surface area (Å²) in [6, 6.07) is 17.4. The first-order chi connectivity index (χ1) is 15.1. The second-order valence-corrected chi connectivity index (χ2v) is 7.91. The zero-order valence-electron chi connectivity index (χ0n) is 17.8. The van der Waals surface area contributed by atoms with Gasteiger partial charge in [0.05, 0.1) is 5.69 Å².